The molecule has 0 aliphatic carbocycles. The molecular weight excluding hydrogens is 849 g/mol. The third-order valence-corrected chi connectivity index (χ3v) is 14.3. The quantitative estimate of drug-likeness (QED) is 0.107. The minimum atomic E-state index is -3.78. The van der Waals surface area contributed by atoms with Gasteiger partial charge in [-0.05, 0) is 107 Å². The van der Waals surface area contributed by atoms with Crippen molar-refractivity contribution in [2.24, 2.45) is 13.0 Å². The van der Waals surface area contributed by atoms with E-state index in [1.54, 1.807) is 44.5 Å². The number of imidazole rings is 1. The fourth-order valence-electron chi connectivity index (χ4n) is 9.21. The topological polar surface area (TPSA) is 189 Å². The van der Waals surface area contributed by atoms with Gasteiger partial charge in [-0.2, -0.15) is 4.98 Å². The highest BCUT2D eigenvalue weighted by atomic mass is 32.2. The molecule has 3 aliphatic heterocycles. The lowest BCUT2D eigenvalue weighted by Crippen LogP contribution is -2.49. The Morgan fingerprint density at radius 1 is 0.906 bits per heavy atom. The van der Waals surface area contributed by atoms with Crippen LogP contribution < -0.4 is 31.5 Å². The van der Waals surface area contributed by atoms with Crippen LogP contribution in [-0.2, 0) is 26.7 Å². The summed E-state index contributed by atoms with van der Waals surface area (Å²) in [6, 6.07) is 10.6. The third kappa shape index (κ3) is 9.31. The number of piperidine rings is 2. The molecule has 1 atom stereocenters. The maximum Gasteiger partial charge on any atom is 0.329 e. The van der Waals surface area contributed by atoms with Crippen molar-refractivity contribution in [2.45, 2.75) is 76.3 Å². The molecule has 3 aromatic heterocycles. The van der Waals surface area contributed by atoms with Gasteiger partial charge >= 0.3 is 5.69 Å². The molecule has 3 N–H and O–H groups in total. The first-order valence-corrected chi connectivity index (χ1v) is 23.4. The van der Waals surface area contributed by atoms with Crippen LogP contribution in [0.5, 0.6) is 0 Å². The number of alkyl halides is 2. The Morgan fingerprint density at radius 2 is 1.64 bits per heavy atom. The Labute approximate surface area is 369 Å². The smallest absolute Gasteiger partial charge is 0.329 e. The predicted octanol–water partition coefficient (Wildman–Crippen LogP) is 4.20. The molecule has 8 rings (SSSR count). The number of rotatable bonds is 14. The van der Waals surface area contributed by atoms with Crippen molar-refractivity contribution in [3.63, 3.8) is 0 Å². The van der Waals surface area contributed by atoms with Crippen LogP contribution in [0.1, 0.15) is 75.6 Å². The van der Waals surface area contributed by atoms with Crippen molar-refractivity contribution in [3.8, 4) is 0 Å². The number of sulfonamides is 1. The standard InChI is InChI=1S/C44H55F2N11O6S/c1-27(2)56-40-30(23-33(39(45)46)42(56)60)25-47-43(51-40)49-34-8-7-32(22-28(34)3)64(62,63)48-14-5-15-53-18-20-54(21-19-53)26-29-12-16-55(17-13-29)31-6-9-35-37(24-31)52(4)44(61)57(35)36-10-11-38(58)50-41(36)59/h6-9,22-25,27,29,36,39,48H,5,10-21,26H2,1-4H3,(H,47,49,51)(H,50,58,59). The molecule has 0 spiro atoms. The van der Waals surface area contributed by atoms with Crippen molar-refractivity contribution in [2.75, 3.05) is 69.1 Å². The van der Waals surface area contributed by atoms with E-state index in [1.165, 1.54) is 21.4 Å². The van der Waals surface area contributed by atoms with Gasteiger partial charge in [0.2, 0.25) is 27.8 Å². The van der Waals surface area contributed by atoms with Gasteiger partial charge in [-0.1, -0.05) is 0 Å². The minimum Gasteiger partial charge on any atom is -0.371 e. The summed E-state index contributed by atoms with van der Waals surface area (Å²) in [5, 5.41) is 5.74. The summed E-state index contributed by atoms with van der Waals surface area (Å²) < 4.78 is 60.6. The van der Waals surface area contributed by atoms with Crippen molar-refractivity contribution in [1.82, 2.24) is 43.5 Å². The number of amides is 2. The minimum absolute atomic E-state index is 0.123. The molecule has 0 bridgehead atoms. The summed E-state index contributed by atoms with van der Waals surface area (Å²) in [4.78, 5) is 66.4. The Hall–Kier alpha value is -5.57. The van der Waals surface area contributed by atoms with Crippen LogP contribution in [0.2, 0.25) is 0 Å². The number of fused-ring (bicyclic) bond motifs is 2. The highest BCUT2D eigenvalue weighted by Gasteiger charge is 2.32. The highest BCUT2D eigenvalue weighted by Crippen LogP contribution is 2.30. The van der Waals surface area contributed by atoms with Crippen molar-refractivity contribution >= 4 is 61.2 Å². The fraction of sp³-hybridized carbons (Fsp3) is 0.500. The number of aryl methyl sites for hydroxylation is 2. The zero-order valence-corrected chi connectivity index (χ0v) is 37.3. The second-order valence-electron chi connectivity index (χ2n) is 17.4. The van der Waals surface area contributed by atoms with Crippen LogP contribution in [0, 0.1) is 12.8 Å². The van der Waals surface area contributed by atoms with Crippen LogP contribution in [0.4, 0.5) is 26.1 Å². The molecule has 3 saturated heterocycles. The predicted molar refractivity (Wildman–Crippen MR) is 240 cm³/mol. The Bertz CT molecular complexity index is 2810. The van der Waals surface area contributed by atoms with Gasteiger partial charge in [0.05, 0.1) is 21.5 Å². The normalized spacial score (nSPS) is 18.5. The van der Waals surface area contributed by atoms with Gasteiger partial charge in [-0.25, -0.2) is 31.7 Å². The van der Waals surface area contributed by atoms with E-state index in [0.29, 0.717) is 47.5 Å². The molecule has 0 saturated carbocycles. The van der Waals surface area contributed by atoms with E-state index in [4.69, 9.17) is 0 Å². The van der Waals surface area contributed by atoms with Gasteiger partial charge in [0.15, 0.2) is 0 Å². The maximum atomic E-state index is 13.5. The Balaban J connectivity index is 0.771. The molecule has 64 heavy (non-hydrogen) atoms. The maximum absolute atomic E-state index is 13.5. The number of pyridine rings is 1. The molecule has 17 nitrogen and oxygen atoms in total. The second kappa shape index (κ2) is 18.5. The van der Waals surface area contributed by atoms with E-state index in [2.05, 4.69) is 40.0 Å². The molecule has 3 aliphatic rings. The zero-order valence-electron chi connectivity index (χ0n) is 36.5. The van der Waals surface area contributed by atoms with Crippen LogP contribution in [0.25, 0.3) is 22.1 Å². The lowest BCUT2D eigenvalue weighted by Gasteiger charge is -2.39. The molecule has 2 amide bonds. The summed E-state index contributed by atoms with van der Waals surface area (Å²) in [6.45, 7) is 12.9. The number of hydrogen-bond donors (Lipinski definition) is 3. The fourth-order valence-corrected chi connectivity index (χ4v) is 10.4. The largest absolute Gasteiger partial charge is 0.371 e. The summed E-state index contributed by atoms with van der Waals surface area (Å²) in [7, 11) is -2.06. The number of benzene rings is 2. The second-order valence-corrected chi connectivity index (χ2v) is 19.2. The van der Waals surface area contributed by atoms with Gasteiger partial charge in [0, 0.05) is 94.8 Å². The number of aromatic nitrogens is 5. The third-order valence-electron chi connectivity index (χ3n) is 12.8. The molecule has 342 valence electrons. The number of hydrogen-bond acceptors (Lipinski definition) is 12. The van der Waals surface area contributed by atoms with Gasteiger partial charge in [-0.3, -0.25) is 33.4 Å². The van der Waals surface area contributed by atoms with Crippen molar-refractivity contribution in [3.05, 3.63) is 80.6 Å². The summed E-state index contributed by atoms with van der Waals surface area (Å²) in [5.41, 5.74) is 2.19. The first-order valence-electron chi connectivity index (χ1n) is 21.9. The SMILES string of the molecule is Cc1cc(S(=O)(=O)NCCCN2CCN(CC3CCN(c4ccc5c(c4)n(C)c(=O)n5C4CCC(=O)NC4=O)CC3)CC2)ccc1Nc1ncc2cc(C(F)F)c(=O)n(C(C)C)c2n1. The van der Waals surface area contributed by atoms with Gasteiger partial charge in [-0.15, -0.1) is 0 Å². The first kappa shape index (κ1) is 45.0. The van der Waals surface area contributed by atoms with Crippen LogP contribution in [0.15, 0.2) is 63.1 Å². The van der Waals surface area contributed by atoms with Gasteiger partial charge in [0.25, 0.3) is 12.0 Å². The highest BCUT2D eigenvalue weighted by molar-refractivity contribution is 7.89. The Kier molecular flexibility index (Phi) is 13.0. The lowest BCUT2D eigenvalue weighted by molar-refractivity contribution is -0.135. The number of nitrogens with zero attached hydrogens (tertiary/aromatic N) is 8. The lowest BCUT2D eigenvalue weighted by atomic mass is 9.95. The summed E-state index contributed by atoms with van der Waals surface area (Å²) in [6.07, 6.45) is 1.73. The molecule has 1 unspecified atom stereocenters. The summed E-state index contributed by atoms with van der Waals surface area (Å²) >= 11 is 0. The molecule has 0 radical (unpaired) electrons. The molecule has 20 heteroatoms. The van der Waals surface area contributed by atoms with E-state index >= 15 is 0 Å². The van der Waals surface area contributed by atoms with Crippen LogP contribution in [-0.4, -0.2) is 113 Å². The van der Waals surface area contributed by atoms with E-state index in [1.807, 2.05) is 18.2 Å². The number of piperazine rings is 1. The number of carbonyl (C=O) groups is 2. The zero-order chi connectivity index (χ0) is 45.4. The molecule has 2 aromatic carbocycles. The Morgan fingerprint density at radius 3 is 2.33 bits per heavy atom. The number of anilines is 3. The molecule has 3 fully saturated rings. The summed E-state index contributed by atoms with van der Waals surface area (Å²) in [5.74, 6) is -0.0398. The van der Waals surface area contributed by atoms with Crippen LogP contribution in [0.3, 0.4) is 0 Å². The monoisotopic (exact) mass is 903 g/mol. The number of carbonyl (C=O) groups excluding carboxylic acids is 2. The van der Waals surface area contributed by atoms with E-state index < -0.39 is 45.6 Å². The van der Waals surface area contributed by atoms with Crippen molar-refractivity contribution < 1.29 is 26.8 Å². The number of halogens is 2. The van der Waals surface area contributed by atoms with Gasteiger partial charge < -0.3 is 20.0 Å². The first-order chi connectivity index (χ1) is 30.6. The van der Waals surface area contributed by atoms with E-state index in [9.17, 15) is 36.4 Å². The average molecular weight is 904 g/mol. The van der Waals surface area contributed by atoms with Crippen LogP contribution >= 0.6 is 0 Å². The average Bonchev–Trinajstić information content (AvgIpc) is 3.51. The molecule has 6 heterocycles. The van der Waals surface area contributed by atoms with E-state index in [-0.39, 0.29) is 34.5 Å². The van der Waals surface area contributed by atoms with Gasteiger partial charge in [0.1, 0.15) is 11.7 Å². The molecule has 5 aromatic rings. The molecular formula is C44H55F2N11O6S. The van der Waals surface area contributed by atoms with E-state index in [0.717, 1.165) is 82.5 Å². The number of nitrogens with one attached hydrogen (secondary N) is 3. The number of imide groups is 1. The van der Waals surface area contributed by atoms with Crippen molar-refractivity contribution in [1.29, 1.82) is 0 Å².